The quantitative estimate of drug-likeness (QED) is 0.505. The Morgan fingerprint density at radius 2 is 1.88 bits per heavy atom. The molecule has 0 spiro atoms. The maximum Gasteiger partial charge on any atom is 0.417 e. The highest BCUT2D eigenvalue weighted by molar-refractivity contribution is 7.81. The van der Waals surface area contributed by atoms with Gasteiger partial charge in [0.2, 0.25) is 0 Å². The first-order chi connectivity index (χ1) is 15.9. The molecule has 3 rings (SSSR count). The minimum absolute atomic E-state index is 0.0928. The van der Waals surface area contributed by atoms with Crippen LogP contribution in [0, 0.1) is 17.1 Å². The predicted octanol–water partition coefficient (Wildman–Crippen LogP) is 3.62. The average molecular weight is 494 g/mol. The van der Waals surface area contributed by atoms with Crippen molar-refractivity contribution in [3.8, 4) is 6.07 Å². The maximum absolute atomic E-state index is 14.7. The van der Waals surface area contributed by atoms with E-state index in [1.165, 1.54) is 50.2 Å². The fourth-order valence-corrected chi connectivity index (χ4v) is 4.23. The topological polar surface area (TPSA) is 85.7 Å². The number of carbonyl (C=O) groups is 2. The number of carbonyl (C=O) groups excluding carboxylic acids is 2. The molecule has 0 saturated carbocycles. The van der Waals surface area contributed by atoms with Crippen molar-refractivity contribution >= 4 is 40.5 Å². The summed E-state index contributed by atoms with van der Waals surface area (Å²) in [6.07, 6.45) is -4.85. The number of hydrogen-bond acceptors (Lipinski definition) is 5. The molecule has 0 aromatic heterocycles. The molecule has 178 valence electrons. The van der Waals surface area contributed by atoms with Gasteiger partial charge in [0.15, 0.2) is 5.11 Å². The van der Waals surface area contributed by atoms with Crippen molar-refractivity contribution in [1.29, 1.82) is 5.26 Å². The number of nitriles is 1. The van der Waals surface area contributed by atoms with Gasteiger partial charge < -0.3 is 15.0 Å². The van der Waals surface area contributed by atoms with Gasteiger partial charge in [0.1, 0.15) is 11.4 Å². The van der Waals surface area contributed by atoms with Crippen LogP contribution in [0.2, 0.25) is 0 Å². The number of halogens is 4. The highest BCUT2D eigenvalue weighted by Gasteiger charge is 2.54. The Balaban J connectivity index is 2.16. The van der Waals surface area contributed by atoms with E-state index in [0.29, 0.717) is 6.07 Å². The number of rotatable bonds is 5. The zero-order chi connectivity index (χ0) is 25.4. The number of anilines is 2. The monoisotopic (exact) mass is 494 g/mol. The Bertz CT molecular complexity index is 1230. The molecule has 1 saturated heterocycles. The van der Waals surface area contributed by atoms with Crippen molar-refractivity contribution in [3.05, 3.63) is 58.9 Å². The van der Waals surface area contributed by atoms with Gasteiger partial charge in [-0.15, -0.1) is 0 Å². The molecule has 34 heavy (non-hydrogen) atoms. The molecule has 1 aliphatic rings. The SMILES string of the molecule is CNC(=O)c1ccc(N2C(=S)N(c3ccc(C#N)c(C(F)(F)F)c3)C(=O)[C@]2(C)COC)cc1F. The van der Waals surface area contributed by atoms with Gasteiger partial charge in [-0.25, -0.2) is 4.39 Å². The highest BCUT2D eigenvalue weighted by atomic mass is 32.1. The van der Waals surface area contributed by atoms with Gasteiger partial charge >= 0.3 is 6.18 Å². The molecule has 0 aliphatic carbocycles. The van der Waals surface area contributed by atoms with Crippen LogP contribution >= 0.6 is 12.2 Å². The standard InChI is InChI=1S/C22H18F4N4O3S/c1-21(11-33-3)19(32)29(13-5-4-12(10-27)16(8-13)22(24,25)26)20(34)30(21)14-6-7-15(17(23)9-14)18(31)28-2/h4-9H,11H2,1-3H3,(H,28,31)/t21-/m0/s1. The number of benzene rings is 2. The second kappa shape index (κ2) is 9.00. The summed E-state index contributed by atoms with van der Waals surface area (Å²) in [6.45, 7) is 1.22. The first kappa shape index (κ1) is 25.1. The van der Waals surface area contributed by atoms with Crippen LogP contribution < -0.4 is 15.1 Å². The second-order valence-electron chi connectivity index (χ2n) is 7.55. The summed E-state index contributed by atoms with van der Waals surface area (Å²) in [7, 11) is 2.66. The van der Waals surface area contributed by atoms with Crippen molar-refractivity contribution in [2.24, 2.45) is 0 Å². The van der Waals surface area contributed by atoms with Crippen LogP contribution in [0.15, 0.2) is 36.4 Å². The molecule has 0 radical (unpaired) electrons. The lowest BCUT2D eigenvalue weighted by atomic mass is 10.00. The number of thiocarbonyl (C=S) groups is 1. The van der Waals surface area contributed by atoms with E-state index in [2.05, 4.69) is 5.32 Å². The molecule has 2 aromatic rings. The molecule has 1 heterocycles. The highest BCUT2D eigenvalue weighted by Crippen LogP contribution is 2.40. The molecule has 2 aromatic carbocycles. The Labute approximate surface area is 197 Å². The van der Waals surface area contributed by atoms with Crippen LogP contribution in [0.4, 0.5) is 28.9 Å². The van der Waals surface area contributed by atoms with Gasteiger partial charge in [-0.2, -0.15) is 18.4 Å². The molecular weight excluding hydrogens is 476 g/mol. The van der Waals surface area contributed by atoms with Gasteiger partial charge in [0, 0.05) is 19.8 Å². The second-order valence-corrected chi connectivity index (χ2v) is 7.91. The van der Waals surface area contributed by atoms with Crippen LogP contribution in [0.25, 0.3) is 0 Å². The van der Waals surface area contributed by atoms with Crippen molar-refractivity contribution in [2.45, 2.75) is 18.6 Å². The lowest BCUT2D eigenvalue weighted by molar-refractivity contribution is -0.137. The average Bonchev–Trinajstić information content (AvgIpc) is 2.97. The van der Waals surface area contributed by atoms with Crippen LogP contribution in [0.1, 0.15) is 28.4 Å². The summed E-state index contributed by atoms with van der Waals surface area (Å²) >= 11 is 5.44. The number of nitrogens with zero attached hydrogens (tertiary/aromatic N) is 3. The van der Waals surface area contributed by atoms with Gasteiger partial charge in [0.05, 0.1) is 35.1 Å². The molecule has 7 nitrogen and oxygen atoms in total. The molecule has 2 amide bonds. The molecule has 1 N–H and O–H groups in total. The lowest BCUT2D eigenvalue weighted by Crippen LogP contribution is -2.51. The first-order valence-corrected chi connectivity index (χ1v) is 10.1. The molecule has 1 fully saturated rings. The van der Waals surface area contributed by atoms with Gasteiger partial charge in [0.25, 0.3) is 11.8 Å². The van der Waals surface area contributed by atoms with Gasteiger partial charge in [-0.3, -0.25) is 14.5 Å². The Kier molecular flexibility index (Phi) is 6.64. The van der Waals surface area contributed by atoms with E-state index in [1.807, 2.05) is 0 Å². The molecule has 0 bridgehead atoms. The summed E-state index contributed by atoms with van der Waals surface area (Å²) in [5.41, 5.74) is -3.74. The summed E-state index contributed by atoms with van der Waals surface area (Å²) in [5.74, 6) is -2.27. The minimum Gasteiger partial charge on any atom is -0.382 e. The number of amides is 2. The molecule has 1 atom stereocenters. The minimum atomic E-state index is -4.85. The van der Waals surface area contributed by atoms with Crippen molar-refractivity contribution < 1.29 is 31.9 Å². The third-order valence-electron chi connectivity index (χ3n) is 5.34. The zero-order valence-electron chi connectivity index (χ0n) is 18.2. The third kappa shape index (κ3) is 4.08. The Hall–Kier alpha value is -3.56. The van der Waals surface area contributed by atoms with Crippen LogP contribution in [0.5, 0.6) is 0 Å². The number of nitrogens with one attached hydrogen (secondary N) is 1. The normalized spacial score (nSPS) is 18.3. The van der Waals surface area contributed by atoms with Gasteiger partial charge in [-0.05, 0) is 55.5 Å². The molecule has 12 heteroatoms. The number of alkyl halides is 3. The number of hydrogen-bond donors (Lipinski definition) is 1. The van der Waals surface area contributed by atoms with E-state index in [4.69, 9.17) is 22.2 Å². The van der Waals surface area contributed by atoms with Gasteiger partial charge in [-0.1, -0.05) is 0 Å². The predicted molar refractivity (Wildman–Crippen MR) is 119 cm³/mol. The van der Waals surface area contributed by atoms with Crippen LogP contribution in [0.3, 0.4) is 0 Å². The Morgan fingerprint density at radius 1 is 1.24 bits per heavy atom. The summed E-state index contributed by atoms with van der Waals surface area (Å²) in [6, 6.07) is 7.83. The van der Waals surface area contributed by atoms with E-state index >= 15 is 0 Å². The summed E-state index contributed by atoms with van der Waals surface area (Å²) in [5, 5.41) is 11.1. The van der Waals surface area contributed by atoms with E-state index in [-0.39, 0.29) is 28.7 Å². The zero-order valence-corrected chi connectivity index (χ0v) is 19.0. The van der Waals surface area contributed by atoms with Crippen LogP contribution in [-0.2, 0) is 15.7 Å². The van der Waals surface area contributed by atoms with E-state index in [0.717, 1.165) is 17.0 Å². The summed E-state index contributed by atoms with van der Waals surface area (Å²) in [4.78, 5) is 27.4. The van der Waals surface area contributed by atoms with E-state index in [1.54, 1.807) is 0 Å². The van der Waals surface area contributed by atoms with Crippen molar-refractivity contribution in [2.75, 3.05) is 30.6 Å². The van der Waals surface area contributed by atoms with Crippen molar-refractivity contribution in [3.63, 3.8) is 0 Å². The van der Waals surface area contributed by atoms with E-state index < -0.39 is 40.5 Å². The lowest BCUT2D eigenvalue weighted by Gasteiger charge is -2.32. The molecule has 0 unspecified atom stereocenters. The fraction of sp³-hybridized carbons (Fsp3) is 0.273. The smallest absolute Gasteiger partial charge is 0.382 e. The van der Waals surface area contributed by atoms with Crippen molar-refractivity contribution in [1.82, 2.24) is 5.32 Å². The number of methoxy groups -OCH3 is 1. The fourth-order valence-electron chi connectivity index (χ4n) is 3.73. The first-order valence-electron chi connectivity index (χ1n) is 9.71. The third-order valence-corrected chi connectivity index (χ3v) is 5.70. The largest absolute Gasteiger partial charge is 0.417 e. The Morgan fingerprint density at radius 3 is 2.41 bits per heavy atom. The van der Waals surface area contributed by atoms with Crippen LogP contribution in [-0.4, -0.2) is 43.2 Å². The molecule has 1 aliphatic heterocycles. The maximum atomic E-state index is 14.7. The summed E-state index contributed by atoms with van der Waals surface area (Å²) < 4.78 is 60.3. The van der Waals surface area contributed by atoms with E-state index in [9.17, 15) is 27.2 Å². The molecular formula is C22H18F4N4O3S. The number of ether oxygens (including phenoxy) is 1.